The highest BCUT2D eigenvalue weighted by Crippen LogP contribution is 2.37. The molecule has 1 N–H and O–H groups in total. The molecule has 2 heterocycles. The summed E-state index contributed by atoms with van der Waals surface area (Å²) in [6.45, 7) is 7.14. The van der Waals surface area contributed by atoms with Gasteiger partial charge in [-0.15, -0.1) is 0 Å². The van der Waals surface area contributed by atoms with Crippen LogP contribution in [-0.4, -0.2) is 35.5 Å². The molecule has 1 saturated heterocycles. The maximum absolute atomic E-state index is 12.9. The van der Waals surface area contributed by atoms with Gasteiger partial charge in [-0.05, 0) is 43.9 Å². The molecule has 0 radical (unpaired) electrons. The normalized spacial score (nSPS) is 19.3. The summed E-state index contributed by atoms with van der Waals surface area (Å²) in [7, 11) is 0. The van der Waals surface area contributed by atoms with Crippen molar-refractivity contribution in [2.75, 3.05) is 13.1 Å². The van der Waals surface area contributed by atoms with E-state index in [0.717, 1.165) is 50.2 Å². The lowest BCUT2D eigenvalue weighted by Gasteiger charge is -2.32. The van der Waals surface area contributed by atoms with E-state index in [4.69, 9.17) is 4.74 Å². The highest BCUT2D eigenvalue weighted by Gasteiger charge is 2.33. The molecule has 0 spiro atoms. The van der Waals surface area contributed by atoms with Crippen molar-refractivity contribution < 1.29 is 9.53 Å². The molecule has 4 nitrogen and oxygen atoms in total. The van der Waals surface area contributed by atoms with Gasteiger partial charge in [0.1, 0.15) is 11.4 Å². The number of fused-ring (bicyclic) bond motifs is 1. The molecule has 1 fully saturated rings. The minimum Gasteiger partial charge on any atom is -0.486 e. The minimum atomic E-state index is -0.235. The maximum atomic E-state index is 12.9. The Balaban J connectivity index is 1.34. The molecule has 2 aliphatic rings. The van der Waals surface area contributed by atoms with Crippen molar-refractivity contribution in [2.45, 2.75) is 51.3 Å². The van der Waals surface area contributed by atoms with Gasteiger partial charge in [-0.3, -0.25) is 9.69 Å². The van der Waals surface area contributed by atoms with Crippen LogP contribution in [0.1, 0.15) is 48.2 Å². The summed E-state index contributed by atoms with van der Waals surface area (Å²) in [5.74, 6) is 0.757. The predicted molar refractivity (Wildman–Crippen MR) is 107 cm³/mol. The highest BCUT2D eigenvalue weighted by molar-refractivity contribution is 5.97. The topological polar surface area (TPSA) is 41.6 Å². The fourth-order valence-electron chi connectivity index (χ4n) is 4.13. The van der Waals surface area contributed by atoms with Gasteiger partial charge in [-0.25, -0.2) is 0 Å². The van der Waals surface area contributed by atoms with E-state index in [0.29, 0.717) is 5.56 Å². The number of ether oxygens (including phenoxy) is 1. The van der Waals surface area contributed by atoms with Gasteiger partial charge in [0, 0.05) is 32.1 Å². The molecule has 4 heteroatoms. The van der Waals surface area contributed by atoms with Gasteiger partial charge in [-0.2, -0.15) is 0 Å². The van der Waals surface area contributed by atoms with E-state index < -0.39 is 0 Å². The van der Waals surface area contributed by atoms with Gasteiger partial charge < -0.3 is 10.1 Å². The quantitative estimate of drug-likeness (QED) is 0.897. The standard InChI is InChI=1S/C23H28N2O2/c1-23(2)15-18-9-6-10-20(21(18)27-23)22(26)24-19-11-13-25(14-12-19)16-17-7-4-3-5-8-17/h3-10,19H,11-16H2,1-2H3,(H,24,26). The molecule has 0 aliphatic carbocycles. The van der Waals surface area contributed by atoms with Crippen LogP contribution in [0.2, 0.25) is 0 Å². The summed E-state index contributed by atoms with van der Waals surface area (Å²) in [5, 5.41) is 3.23. The first-order valence-electron chi connectivity index (χ1n) is 9.88. The van der Waals surface area contributed by atoms with Crippen LogP contribution in [0.15, 0.2) is 48.5 Å². The Morgan fingerprint density at radius 2 is 1.85 bits per heavy atom. The molecule has 2 aliphatic heterocycles. The number of para-hydroxylation sites is 1. The van der Waals surface area contributed by atoms with Crippen LogP contribution in [0, 0.1) is 0 Å². The molecule has 1 amide bonds. The van der Waals surface area contributed by atoms with E-state index >= 15 is 0 Å². The van der Waals surface area contributed by atoms with Gasteiger partial charge in [0.2, 0.25) is 0 Å². The number of hydrogen-bond donors (Lipinski definition) is 1. The Hall–Kier alpha value is -2.33. The largest absolute Gasteiger partial charge is 0.486 e. The van der Waals surface area contributed by atoms with Crippen LogP contribution in [0.25, 0.3) is 0 Å². The molecule has 0 aromatic heterocycles. The Labute approximate surface area is 161 Å². The number of hydrogen-bond acceptors (Lipinski definition) is 3. The number of nitrogens with zero attached hydrogens (tertiary/aromatic N) is 1. The first-order chi connectivity index (χ1) is 13.0. The van der Waals surface area contributed by atoms with Gasteiger partial charge >= 0.3 is 0 Å². The Morgan fingerprint density at radius 3 is 2.59 bits per heavy atom. The average molecular weight is 364 g/mol. The van der Waals surface area contributed by atoms with Crippen molar-refractivity contribution in [3.05, 3.63) is 65.2 Å². The van der Waals surface area contributed by atoms with Gasteiger partial charge in [-0.1, -0.05) is 42.5 Å². The van der Waals surface area contributed by atoms with E-state index in [9.17, 15) is 4.79 Å². The van der Waals surface area contributed by atoms with Crippen molar-refractivity contribution in [2.24, 2.45) is 0 Å². The number of amides is 1. The molecule has 2 aromatic rings. The summed E-state index contributed by atoms with van der Waals surface area (Å²) in [6.07, 6.45) is 2.82. The smallest absolute Gasteiger partial charge is 0.255 e. The van der Waals surface area contributed by atoms with Gasteiger partial charge in [0.05, 0.1) is 5.56 Å². The summed E-state index contributed by atoms with van der Waals surface area (Å²) in [4.78, 5) is 15.3. The Kier molecular flexibility index (Phi) is 4.92. The van der Waals surface area contributed by atoms with E-state index in [1.807, 2.05) is 12.1 Å². The molecule has 142 valence electrons. The lowest BCUT2D eigenvalue weighted by molar-refractivity contribution is 0.0896. The molecule has 2 aromatic carbocycles. The van der Waals surface area contributed by atoms with Crippen molar-refractivity contribution in [3.63, 3.8) is 0 Å². The number of nitrogens with one attached hydrogen (secondary N) is 1. The van der Waals surface area contributed by atoms with Crippen LogP contribution in [0.4, 0.5) is 0 Å². The monoisotopic (exact) mass is 364 g/mol. The molecule has 4 rings (SSSR count). The zero-order chi connectivity index (χ0) is 18.9. The number of rotatable bonds is 4. The van der Waals surface area contributed by atoms with Crippen LogP contribution in [0.5, 0.6) is 5.75 Å². The first-order valence-corrected chi connectivity index (χ1v) is 9.88. The summed E-state index contributed by atoms with van der Waals surface area (Å²) >= 11 is 0. The summed E-state index contributed by atoms with van der Waals surface area (Å²) < 4.78 is 6.05. The van der Waals surface area contributed by atoms with E-state index in [-0.39, 0.29) is 17.6 Å². The van der Waals surface area contributed by atoms with Crippen molar-refractivity contribution >= 4 is 5.91 Å². The lowest BCUT2D eigenvalue weighted by Crippen LogP contribution is -2.44. The summed E-state index contributed by atoms with van der Waals surface area (Å²) in [5.41, 5.74) is 2.91. The highest BCUT2D eigenvalue weighted by atomic mass is 16.5. The second-order valence-electron chi connectivity index (χ2n) is 8.34. The first kappa shape index (κ1) is 18.1. The molecule has 27 heavy (non-hydrogen) atoms. The number of likely N-dealkylation sites (tertiary alicyclic amines) is 1. The van der Waals surface area contributed by atoms with Crippen LogP contribution < -0.4 is 10.1 Å². The molecule has 0 unspecified atom stereocenters. The Bertz CT molecular complexity index is 808. The number of piperidine rings is 1. The summed E-state index contributed by atoms with van der Waals surface area (Å²) in [6, 6.07) is 16.7. The number of carbonyl (C=O) groups excluding carboxylic acids is 1. The third kappa shape index (κ3) is 4.16. The second kappa shape index (κ2) is 7.35. The zero-order valence-corrected chi connectivity index (χ0v) is 16.2. The minimum absolute atomic E-state index is 0.00828. The van der Waals surface area contributed by atoms with Crippen LogP contribution in [0.3, 0.4) is 0 Å². The van der Waals surface area contributed by atoms with Crippen molar-refractivity contribution in [1.82, 2.24) is 10.2 Å². The fourth-order valence-corrected chi connectivity index (χ4v) is 4.13. The second-order valence-corrected chi connectivity index (χ2v) is 8.34. The third-order valence-electron chi connectivity index (χ3n) is 5.51. The van der Waals surface area contributed by atoms with Gasteiger partial charge in [0.25, 0.3) is 5.91 Å². The number of carbonyl (C=O) groups is 1. The maximum Gasteiger partial charge on any atom is 0.255 e. The fraction of sp³-hybridized carbons (Fsp3) is 0.435. The molecular formula is C23H28N2O2. The Morgan fingerprint density at radius 1 is 1.11 bits per heavy atom. The van der Waals surface area contributed by atoms with E-state index in [1.54, 1.807) is 0 Å². The van der Waals surface area contributed by atoms with E-state index in [2.05, 4.69) is 60.5 Å². The third-order valence-corrected chi connectivity index (χ3v) is 5.51. The molecule has 0 atom stereocenters. The number of benzene rings is 2. The zero-order valence-electron chi connectivity index (χ0n) is 16.2. The molecule has 0 bridgehead atoms. The van der Waals surface area contributed by atoms with Gasteiger partial charge in [0.15, 0.2) is 0 Å². The predicted octanol–water partition coefficient (Wildman–Crippen LogP) is 3.79. The molecule has 0 saturated carbocycles. The SMILES string of the molecule is CC1(C)Cc2cccc(C(=O)NC3CCN(Cc4ccccc4)CC3)c2O1. The molecular weight excluding hydrogens is 336 g/mol. The lowest BCUT2D eigenvalue weighted by atomic mass is 10.00. The van der Waals surface area contributed by atoms with E-state index in [1.165, 1.54) is 5.56 Å². The van der Waals surface area contributed by atoms with Crippen LogP contribution >= 0.6 is 0 Å². The van der Waals surface area contributed by atoms with Crippen molar-refractivity contribution in [1.29, 1.82) is 0 Å². The average Bonchev–Trinajstić information content (AvgIpc) is 2.98. The van der Waals surface area contributed by atoms with Crippen LogP contribution in [-0.2, 0) is 13.0 Å². The van der Waals surface area contributed by atoms with Crippen molar-refractivity contribution in [3.8, 4) is 5.75 Å².